The second-order valence-electron chi connectivity index (χ2n) is 4.09. The minimum Gasteiger partial charge on any atom is -0.467 e. The lowest BCUT2D eigenvalue weighted by atomic mass is 9.90. The van der Waals surface area contributed by atoms with E-state index < -0.39 is 17.5 Å². The van der Waals surface area contributed by atoms with Gasteiger partial charge in [-0.15, -0.1) is 0 Å². The number of carbonyl (C=O) groups excluding carboxylic acids is 1. The SMILES string of the molecule is COC(=O)C(O)C1(c2cccc(Br)c2)CC1. The highest BCUT2D eigenvalue weighted by Crippen LogP contribution is 2.51. The molecule has 1 N–H and O–H groups in total. The summed E-state index contributed by atoms with van der Waals surface area (Å²) in [5.74, 6) is -0.558. The Morgan fingerprint density at radius 1 is 1.56 bits per heavy atom. The molecule has 1 atom stereocenters. The molecule has 16 heavy (non-hydrogen) atoms. The van der Waals surface area contributed by atoms with E-state index in [0.717, 1.165) is 22.9 Å². The van der Waals surface area contributed by atoms with Crippen LogP contribution in [0, 0.1) is 0 Å². The molecule has 1 saturated carbocycles. The predicted molar refractivity (Wildman–Crippen MR) is 63.1 cm³/mol. The molecule has 86 valence electrons. The van der Waals surface area contributed by atoms with Crippen molar-refractivity contribution in [2.75, 3.05) is 7.11 Å². The lowest BCUT2D eigenvalue weighted by Crippen LogP contribution is -2.34. The van der Waals surface area contributed by atoms with Crippen LogP contribution in [0.2, 0.25) is 0 Å². The molecule has 1 aliphatic rings. The highest BCUT2D eigenvalue weighted by molar-refractivity contribution is 9.10. The largest absolute Gasteiger partial charge is 0.467 e. The Bertz CT molecular complexity index is 412. The van der Waals surface area contributed by atoms with Crippen LogP contribution < -0.4 is 0 Å². The second-order valence-corrected chi connectivity index (χ2v) is 5.01. The second kappa shape index (κ2) is 4.18. The standard InChI is InChI=1S/C12H13BrO3/c1-16-11(15)10(14)12(5-6-12)8-3-2-4-9(13)7-8/h2-4,7,10,14H,5-6H2,1H3. The fraction of sp³-hybridized carbons (Fsp3) is 0.417. The van der Waals surface area contributed by atoms with Crippen molar-refractivity contribution in [2.24, 2.45) is 0 Å². The molecule has 1 aromatic carbocycles. The van der Waals surface area contributed by atoms with E-state index in [1.807, 2.05) is 24.3 Å². The maximum absolute atomic E-state index is 11.4. The van der Waals surface area contributed by atoms with Crippen LogP contribution in [0.4, 0.5) is 0 Å². The van der Waals surface area contributed by atoms with Crippen molar-refractivity contribution in [3.8, 4) is 0 Å². The Labute approximate surface area is 103 Å². The Balaban J connectivity index is 2.29. The smallest absolute Gasteiger partial charge is 0.335 e. The van der Waals surface area contributed by atoms with Gasteiger partial charge in [0.25, 0.3) is 0 Å². The van der Waals surface area contributed by atoms with Crippen molar-refractivity contribution in [2.45, 2.75) is 24.4 Å². The van der Waals surface area contributed by atoms with Gasteiger partial charge >= 0.3 is 5.97 Å². The van der Waals surface area contributed by atoms with Gasteiger partial charge in [-0.1, -0.05) is 28.1 Å². The van der Waals surface area contributed by atoms with E-state index in [1.54, 1.807) is 0 Å². The Hall–Kier alpha value is -0.870. The van der Waals surface area contributed by atoms with Gasteiger partial charge in [-0.25, -0.2) is 4.79 Å². The van der Waals surface area contributed by atoms with Gasteiger partial charge in [0.1, 0.15) is 0 Å². The Morgan fingerprint density at radius 3 is 2.75 bits per heavy atom. The summed E-state index contributed by atoms with van der Waals surface area (Å²) in [5, 5.41) is 9.96. The summed E-state index contributed by atoms with van der Waals surface area (Å²) in [6.45, 7) is 0. The van der Waals surface area contributed by atoms with Crippen molar-refractivity contribution in [1.82, 2.24) is 0 Å². The number of benzene rings is 1. The molecule has 0 amide bonds. The molecule has 0 saturated heterocycles. The van der Waals surface area contributed by atoms with Crippen LogP contribution in [-0.4, -0.2) is 24.3 Å². The quantitative estimate of drug-likeness (QED) is 0.864. The first-order chi connectivity index (χ1) is 7.60. The van der Waals surface area contributed by atoms with Crippen molar-refractivity contribution >= 4 is 21.9 Å². The lowest BCUT2D eigenvalue weighted by Gasteiger charge is -2.20. The number of rotatable bonds is 3. The third kappa shape index (κ3) is 1.87. The van der Waals surface area contributed by atoms with E-state index in [-0.39, 0.29) is 0 Å². The number of methoxy groups -OCH3 is 1. The van der Waals surface area contributed by atoms with E-state index in [2.05, 4.69) is 20.7 Å². The topological polar surface area (TPSA) is 46.5 Å². The number of hydrogen-bond donors (Lipinski definition) is 1. The summed E-state index contributed by atoms with van der Waals surface area (Å²) < 4.78 is 5.54. The first kappa shape index (κ1) is 11.6. The first-order valence-corrected chi connectivity index (χ1v) is 5.91. The summed E-state index contributed by atoms with van der Waals surface area (Å²) >= 11 is 3.39. The van der Waals surface area contributed by atoms with Crippen LogP contribution in [0.5, 0.6) is 0 Å². The number of carbonyl (C=O) groups is 1. The van der Waals surface area contributed by atoms with Crippen LogP contribution in [-0.2, 0) is 14.9 Å². The Kier molecular flexibility index (Phi) is 3.04. The van der Waals surface area contributed by atoms with E-state index in [1.165, 1.54) is 7.11 Å². The minimum atomic E-state index is -1.06. The maximum Gasteiger partial charge on any atom is 0.335 e. The number of esters is 1. The van der Waals surface area contributed by atoms with Crippen molar-refractivity contribution < 1.29 is 14.6 Å². The molecule has 0 radical (unpaired) electrons. The zero-order valence-electron chi connectivity index (χ0n) is 8.94. The van der Waals surface area contributed by atoms with Gasteiger partial charge in [0, 0.05) is 9.89 Å². The minimum absolute atomic E-state index is 0.434. The zero-order valence-corrected chi connectivity index (χ0v) is 10.5. The molecule has 1 aromatic rings. The molecule has 0 spiro atoms. The van der Waals surface area contributed by atoms with E-state index in [0.29, 0.717) is 0 Å². The highest BCUT2D eigenvalue weighted by Gasteiger charge is 2.53. The highest BCUT2D eigenvalue weighted by atomic mass is 79.9. The van der Waals surface area contributed by atoms with Crippen LogP contribution in [0.25, 0.3) is 0 Å². The monoisotopic (exact) mass is 284 g/mol. The molecule has 1 fully saturated rings. The molecule has 0 heterocycles. The van der Waals surface area contributed by atoms with Crippen LogP contribution in [0.15, 0.2) is 28.7 Å². The fourth-order valence-electron chi connectivity index (χ4n) is 1.99. The van der Waals surface area contributed by atoms with Gasteiger partial charge in [-0.05, 0) is 30.5 Å². The molecule has 0 aromatic heterocycles. The van der Waals surface area contributed by atoms with E-state index in [4.69, 9.17) is 0 Å². The third-order valence-electron chi connectivity index (χ3n) is 3.14. The van der Waals surface area contributed by atoms with E-state index in [9.17, 15) is 9.90 Å². The van der Waals surface area contributed by atoms with Crippen LogP contribution in [0.3, 0.4) is 0 Å². The molecule has 1 aliphatic carbocycles. The maximum atomic E-state index is 11.4. The van der Waals surface area contributed by atoms with Gasteiger partial charge in [0.2, 0.25) is 0 Å². The number of aliphatic hydroxyl groups is 1. The average Bonchev–Trinajstić information content (AvgIpc) is 3.08. The predicted octanol–water partition coefficient (Wildman–Crippen LogP) is 2.01. The Morgan fingerprint density at radius 2 is 2.25 bits per heavy atom. The molecule has 1 unspecified atom stereocenters. The van der Waals surface area contributed by atoms with Gasteiger partial charge in [0.05, 0.1) is 7.11 Å². The summed E-state index contributed by atoms with van der Waals surface area (Å²) in [4.78, 5) is 11.4. The van der Waals surface area contributed by atoms with Crippen molar-refractivity contribution in [1.29, 1.82) is 0 Å². The molecule has 0 aliphatic heterocycles. The molecular formula is C12H13BrO3. The van der Waals surface area contributed by atoms with Gasteiger partial charge in [-0.3, -0.25) is 0 Å². The molecule has 4 heteroatoms. The number of ether oxygens (including phenoxy) is 1. The van der Waals surface area contributed by atoms with Gasteiger partial charge in [0.15, 0.2) is 6.10 Å². The van der Waals surface area contributed by atoms with Crippen LogP contribution >= 0.6 is 15.9 Å². The normalized spacial score (nSPS) is 18.9. The van der Waals surface area contributed by atoms with Gasteiger partial charge < -0.3 is 9.84 Å². The van der Waals surface area contributed by atoms with E-state index >= 15 is 0 Å². The summed E-state index contributed by atoms with van der Waals surface area (Å²) in [6.07, 6.45) is 0.575. The molecule has 0 bridgehead atoms. The van der Waals surface area contributed by atoms with Gasteiger partial charge in [-0.2, -0.15) is 0 Å². The summed E-state index contributed by atoms with van der Waals surface area (Å²) in [7, 11) is 1.29. The molecule has 2 rings (SSSR count). The number of aliphatic hydroxyl groups excluding tert-OH is 1. The zero-order chi connectivity index (χ0) is 11.8. The van der Waals surface area contributed by atoms with Crippen molar-refractivity contribution in [3.63, 3.8) is 0 Å². The lowest BCUT2D eigenvalue weighted by molar-refractivity contribution is -0.152. The number of hydrogen-bond acceptors (Lipinski definition) is 3. The third-order valence-corrected chi connectivity index (χ3v) is 3.63. The number of halogens is 1. The summed E-state index contributed by atoms with van der Waals surface area (Å²) in [6, 6.07) is 7.71. The first-order valence-electron chi connectivity index (χ1n) is 5.12. The average molecular weight is 285 g/mol. The summed E-state index contributed by atoms with van der Waals surface area (Å²) in [5.41, 5.74) is 0.552. The molecule has 3 nitrogen and oxygen atoms in total. The molecular weight excluding hydrogens is 272 g/mol. The fourth-order valence-corrected chi connectivity index (χ4v) is 2.39. The van der Waals surface area contributed by atoms with Crippen LogP contribution in [0.1, 0.15) is 18.4 Å². The van der Waals surface area contributed by atoms with Crippen molar-refractivity contribution in [3.05, 3.63) is 34.3 Å².